The summed E-state index contributed by atoms with van der Waals surface area (Å²) in [6, 6.07) is 8.64. The Morgan fingerprint density at radius 2 is 2.21 bits per heavy atom. The van der Waals surface area contributed by atoms with Crippen molar-refractivity contribution in [2.24, 2.45) is 0 Å². The molecule has 0 radical (unpaired) electrons. The Kier molecular flexibility index (Phi) is 3.17. The van der Waals surface area contributed by atoms with Crippen molar-refractivity contribution in [1.82, 2.24) is 5.32 Å². The number of aliphatic hydroxyl groups is 1. The van der Waals surface area contributed by atoms with Gasteiger partial charge in [0, 0.05) is 19.1 Å². The molecule has 0 saturated heterocycles. The first-order chi connectivity index (χ1) is 6.92. The number of nitrogens with one attached hydrogen (secondary N) is 1. The second-order valence-corrected chi connectivity index (χ2v) is 3.88. The highest BCUT2D eigenvalue weighted by atomic mass is 16.3. The number of benzene rings is 1. The van der Waals surface area contributed by atoms with Crippen LogP contribution in [0.1, 0.15) is 23.5 Å². The van der Waals surface area contributed by atoms with E-state index in [0.29, 0.717) is 5.92 Å². The number of hydrogen-bond donors (Lipinski definition) is 2. The van der Waals surface area contributed by atoms with Crippen LogP contribution in [0.4, 0.5) is 0 Å². The first-order valence-electron chi connectivity index (χ1n) is 5.31. The standard InChI is InChI=1S/C12H17NO/c14-7-3-6-13-9-11-8-10-4-1-2-5-12(10)11/h1-2,4-5,11,13-14H,3,6-9H2. The first-order valence-corrected chi connectivity index (χ1v) is 5.31. The molecule has 0 aromatic heterocycles. The van der Waals surface area contributed by atoms with Gasteiger partial charge < -0.3 is 10.4 Å². The fourth-order valence-corrected chi connectivity index (χ4v) is 2.03. The van der Waals surface area contributed by atoms with Crippen molar-refractivity contribution < 1.29 is 5.11 Å². The molecule has 0 heterocycles. The minimum Gasteiger partial charge on any atom is -0.396 e. The van der Waals surface area contributed by atoms with Gasteiger partial charge in [0.25, 0.3) is 0 Å². The molecule has 0 aliphatic heterocycles. The maximum absolute atomic E-state index is 8.62. The van der Waals surface area contributed by atoms with Gasteiger partial charge in [-0.15, -0.1) is 0 Å². The third-order valence-electron chi connectivity index (χ3n) is 2.86. The summed E-state index contributed by atoms with van der Waals surface area (Å²) in [5.41, 5.74) is 3.01. The summed E-state index contributed by atoms with van der Waals surface area (Å²) in [6.07, 6.45) is 2.07. The molecule has 0 saturated carbocycles. The first kappa shape index (κ1) is 9.69. The molecule has 0 spiro atoms. The van der Waals surface area contributed by atoms with Gasteiger partial charge in [0.05, 0.1) is 0 Å². The van der Waals surface area contributed by atoms with Gasteiger partial charge in [-0.05, 0) is 30.5 Å². The minimum absolute atomic E-state index is 0.286. The van der Waals surface area contributed by atoms with Gasteiger partial charge in [0.15, 0.2) is 0 Å². The summed E-state index contributed by atoms with van der Waals surface area (Å²) < 4.78 is 0. The molecular weight excluding hydrogens is 174 g/mol. The fraction of sp³-hybridized carbons (Fsp3) is 0.500. The van der Waals surface area contributed by atoms with Crippen molar-refractivity contribution >= 4 is 0 Å². The lowest BCUT2D eigenvalue weighted by Gasteiger charge is -2.30. The van der Waals surface area contributed by atoms with Crippen LogP contribution in [0.5, 0.6) is 0 Å². The largest absolute Gasteiger partial charge is 0.396 e. The lowest BCUT2D eigenvalue weighted by atomic mass is 9.77. The predicted octanol–water partition coefficient (Wildman–Crippen LogP) is 1.30. The van der Waals surface area contributed by atoms with Crippen molar-refractivity contribution in [3.05, 3.63) is 35.4 Å². The van der Waals surface area contributed by atoms with E-state index in [4.69, 9.17) is 5.11 Å². The summed E-state index contributed by atoms with van der Waals surface area (Å²) in [5, 5.41) is 12.0. The number of rotatable bonds is 5. The molecule has 1 aromatic carbocycles. The zero-order valence-electron chi connectivity index (χ0n) is 8.37. The zero-order valence-corrected chi connectivity index (χ0v) is 8.37. The normalized spacial score (nSPS) is 18.8. The second kappa shape index (κ2) is 4.58. The van der Waals surface area contributed by atoms with Gasteiger partial charge in [-0.3, -0.25) is 0 Å². The maximum Gasteiger partial charge on any atom is 0.0443 e. The van der Waals surface area contributed by atoms with Crippen LogP contribution in [-0.2, 0) is 6.42 Å². The number of aliphatic hydroxyl groups excluding tert-OH is 1. The molecule has 2 nitrogen and oxygen atoms in total. The Balaban J connectivity index is 1.76. The molecule has 14 heavy (non-hydrogen) atoms. The monoisotopic (exact) mass is 191 g/mol. The summed E-state index contributed by atoms with van der Waals surface area (Å²) in [4.78, 5) is 0. The van der Waals surface area contributed by atoms with E-state index in [9.17, 15) is 0 Å². The molecule has 2 heteroatoms. The average molecular weight is 191 g/mol. The van der Waals surface area contributed by atoms with Gasteiger partial charge in [-0.1, -0.05) is 24.3 Å². The second-order valence-electron chi connectivity index (χ2n) is 3.88. The smallest absolute Gasteiger partial charge is 0.0443 e. The number of fused-ring (bicyclic) bond motifs is 1. The van der Waals surface area contributed by atoms with Gasteiger partial charge in [0.1, 0.15) is 0 Å². The van der Waals surface area contributed by atoms with E-state index in [1.807, 2.05) is 0 Å². The Bertz CT molecular complexity index is 298. The van der Waals surface area contributed by atoms with Gasteiger partial charge in [0.2, 0.25) is 0 Å². The third-order valence-corrected chi connectivity index (χ3v) is 2.86. The Hall–Kier alpha value is -0.860. The van der Waals surface area contributed by atoms with Gasteiger partial charge in [-0.2, -0.15) is 0 Å². The molecule has 0 bridgehead atoms. The zero-order chi connectivity index (χ0) is 9.80. The molecule has 1 aromatic rings. The van der Waals surface area contributed by atoms with Crippen LogP contribution < -0.4 is 5.32 Å². The highest BCUT2D eigenvalue weighted by Crippen LogP contribution is 2.33. The van der Waals surface area contributed by atoms with Crippen LogP contribution in [0.3, 0.4) is 0 Å². The summed E-state index contributed by atoms with van der Waals surface area (Å²) >= 11 is 0. The van der Waals surface area contributed by atoms with Crippen LogP contribution in [-0.4, -0.2) is 24.8 Å². The lowest BCUT2D eigenvalue weighted by Crippen LogP contribution is -2.29. The summed E-state index contributed by atoms with van der Waals surface area (Å²) in [6.45, 7) is 2.26. The van der Waals surface area contributed by atoms with E-state index in [1.165, 1.54) is 17.5 Å². The Morgan fingerprint density at radius 3 is 3.00 bits per heavy atom. The van der Waals surface area contributed by atoms with E-state index in [-0.39, 0.29) is 6.61 Å². The van der Waals surface area contributed by atoms with E-state index in [0.717, 1.165) is 19.5 Å². The SMILES string of the molecule is OCCCNCC1Cc2ccccc21. The molecule has 1 aliphatic rings. The summed E-state index contributed by atoms with van der Waals surface area (Å²) in [7, 11) is 0. The molecule has 0 fully saturated rings. The van der Waals surface area contributed by atoms with Crippen LogP contribution in [0, 0.1) is 0 Å². The lowest BCUT2D eigenvalue weighted by molar-refractivity contribution is 0.285. The predicted molar refractivity (Wildman–Crippen MR) is 57.5 cm³/mol. The fourth-order valence-electron chi connectivity index (χ4n) is 2.03. The quantitative estimate of drug-likeness (QED) is 0.688. The van der Waals surface area contributed by atoms with Crippen molar-refractivity contribution in [3.8, 4) is 0 Å². The highest BCUT2D eigenvalue weighted by molar-refractivity contribution is 5.40. The maximum atomic E-state index is 8.62. The van der Waals surface area contributed by atoms with E-state index in [1.54, 1.807) is 0 Å². The van der Waals surface area contributed by atoms with Crippen LogP contribution >= 0.6 is 0 Å². The molecular formula is C12H17NO. The van der Waals surface area contributed by atoms with E-state index < -0.39 is 0 Å². The molecule has 1 unspecified atom stereocenters. The van der Waals surface area contributed by atoms with Crippen molar-refractivity contribution in [2.45, 2.75) is 18.8 Å². The van der Waals surface area contributed by atoms with Crippen molar-refractivity contribution in [1.29, 1.82) is 0 Å². The highest BCUT2D eigenvalue weighted by Gasteiger charge is 2.24. The minimum atomic E-state index is 0.286. The van der Waals surface area contributed by atoms with Crippen LogP contribution in [0.15, 0.2) is 24.3 Å². The Labute approximate surface area is 85.0 Å². The molecule has 0 amide bonds. The third kappa shape index (κ3) is 1.97. The molecule has 1 atom stereocenters. The van der Waals surface area contributed by atoms with E-state index in [2.05, 4.69) is 29.6 Å². The molecule has 2 N–H and O–H groups in total. The topological polar surface area (TPSA) is 32.3 Å². The van der Waals surface area contributed by atoms with Crippen LogP contribution in [0.2, 0.25) is 0 Å². The van der Waals surface area contributed by atoms with Gasteiger partial charge >= 0.3 is 0 Å². The van der Waals surface area contributed by atoms with Crippen molar-refractivity contribution in [2.75, 3.05) is 19.7 Å². The Morgan fingerprint density at radius 1 is 1.36 bits per heavy atom. The number of hydrogen-bond acceptors (Lipinski definition) is 2. The molecule has 1 aliphatic carbocycles. The van der Waals surface area contributed by atoms with Gasteiger partial charge in [-0.25, -0.2) is 0 Å². The molecule has 76 valence electrons. The van der Waals surface area contributed by atoms with E-state index >= 15 is 0 Å². The molecule has 2 rings (SSSR count). The van der Waals surface area contributed by atoms with Crippen molar-refractivity contribution in [3.63, 3.8) is 0 Å². The van der Waals surface area contributed by atoms with Crippen LogP contribution in [0.25, 0.3) is 0 Å². The average Bonchev–Trinajstić information content (AvgIpc) is 2.19. The summed E-state index contributed by atoms with van der Waals surface area (Å²) in [5.74, 6) is 0.699.